The van der Waals surface area contributed by atoms with Crippen molar-refractivity contribution in [2.24, 2.45) is 0 Å². The van der Waals surface area contributed by atoms with E-state index in [2.05, 4.69) is 16.0 Å². The maximum Gasteiger partial charge on any atom is 0.416 e. The van der Waals surface area contributed by atoms with Crippen LogP contribution in [0.3, 0.4) is 0 Å². The number of benzene rings is 1. The van der Waals surface area contributed by atoms with Gasteiger partial charge in [0.1, 0.15) is 0 Å². The van der Waals surface area contributed by atoms with Crippen molar-refractivity contribution in [1.82, 2.24) is 10.6 Å². The number of amides is 2. The molecule has 5 nitrogen and oxygen atoms in total. The van der Waals surface area contributed by atoms with E-state index in [0.29, 0.717) is 0 Å². The van der Waals surface area contributed by atoms with Gasteiger partial charge in [-0.25, -0.2) is 0 Å². The van der Waals surface area contributed by atoms with Crippen LogP contribution in [-0.4, -0.2) is 31.4 Å². The number of likely N-dealkylation sites (N-methyl/N-ethyl adjacent to an activating group) is 1. The molecular weight excluding hydrogens is 299 g/mol. The van der Waals surface area contributed by atoms with Gasteiger partial charge in [0.15, 0.2) is 0 Å². The number of carbonyl (C=O) groups excluding carboxylic acids is 2. The predicted octanol–water partition coefficient (Wildman–Crippen LogP) is 2.00. The van der Waals surface area contributed by atoms with Crippen molar-refractivity contribution in [3.05, 3.63) is 29.3 Å². The monoisotopic (exact) mass is 317 g/mol. The van der Waals surface area contributed by atoms with Crippen LogP contribution in [0.15, 0.2) is 18.2 Å². The molecule has 0 spiro atoms. The Morgan fingerprint density at radius 1 is 1.23 bits per heavy atom. The molecule has 0 aliphatic heterocycles. The van der Waals surface area contributed by atoms with Crippen LogP contribution in [0.25, 0.3) is 0 Å². The van der Waals surface area contributed by atoms with E-state index in [1.54, 1.807) is 7.05 Å². The van der Waals surface area contributed by atoms with E-state index in [0.717, 1.165) is 12.1 Å². The first-order valence-electron chi connectivity index (χ1n) is 6.59. The van der Waals surface area contributed by atoms with Gasteiger partial charge in [-0.1, -0.05) is 0 Å². The highest BCUT2D eigenvalue weighted by molar-refractivity contribution is 5.97. The fraction of sp³-hybridized carbons (Fsp3) is 0.429. The molecule has 0 fully saturated rings. The first kappa shape index (κ1) is 18.0. The molecule has 0 heterocycles. The Hall–Kier alpha value is -2.09. The Bertz CT molecular complexity index is 559. The highest BCUT2D eigenvalue weighted by atomic mass is 19.4. The molecule has 8 heteroatoms. The van der Waals surface area contributed by atoms with Crippen molar-refractivity contribution >= 4 is 17.5 Å². The summed E-state index contributed by atoms with van der Waals surface area (Å²) in [6.07, 6.45) is -4.61. The van der Waals surface area contributed by atoms with Gasteiger partial charge >= 0.3 is 6.18 Å². The van der Waals surface area contributed by atoms with Crippen LogP contribution in [0.1, 0.15) is 29.8 Å². The molecule has 1 aromatic rings. The molecule has 1 unspecified atom stereocenters. The van der Waals surface area contributed by atoms with E-state index in [4.69, 9.17) is 0 Å². The van der Waals surface area contributed by atoms with Gasteiger partial charge in [-0.05, 0) is 32.2 Å². The average Bonchev–Trinajstić information content (AvgIpc) is 2.42. The normalized spacial score (nSPS) is 12.6. The van der Waals surface area contributed by atoms with Crippen LogP contribution >= 0.6 is 0 Å². The Morgan fingerprint density at radius 2 is 1.86 bits per heavy atom. The Balaban J connectivity index is 3.06. The van der Waals surface area contributed by atoms with Gasteiger partial charge in [-0.15, -0.1) is 0 Å². The van der Waals surface area contributed by atoms with Crippen LogP contribution in [0.5, 0.6) is 0 Å². The summed E-state index contributed by atoms with van der Waals surface area (Å²) in [4.78, 5) is 23.0. The molecule has 1 rings (SSSR count). The van der Waals surface area contributed by atoms with Crippen LogP contribution in [0.2, 0.25) is 0 Å². The zero-order chi connectivity index (χ0) is 16.9. The molecule has 0 bridgehead atoms. The van der Waals surface area contributed by atoms with Crippen LogP contribution in [0.4, 0.5) is 18.9 Å². The van der Waals surface area contributed by atoms with Crippen molar-refractivity contribution in [3.63, 3.8) is 0 Å². The van der Waals surface area contributed by atoms with Crippen molar-refractivity contribution < 1.29 is 22.8 Å². The van der Waals surface area contributed by atoms with Crippen molar-refractivity contribution in [2.45, 2.75) is 26.1 Å². The Morgan fingerprint density at radius 3 is 2.36 bits per heavy atom. The molecule has 122 valence electrons. The summed E-state index contributed by atoms with van der Waals surface area (Å²) in [5.41, 5.74) is -1.23. The number of rotatable bonds is 5. The molecule has 0 saturated heterocycles. The summed E-state index contributed by atoms with van der Waals surface area (Å²) >= 11 is 0. The lowest BCUT2D eigenvalue weighted by atomic mass is 10.1. The second-order valence-corrected chi connectivity index (χ2v) is 4.88. The molecule has 2 amide bonds. The quantitative estimate of drug-likeness (QED) is 0.778. The van der Waals surface area contributed by atoms with E-state index in [9.17, 15) is 22.8 Å². The fourth-order valence-corrected chi connectivity index (χ4v) is 1.65. The smallest absolute Gasteiger partial charge is 0.350 e. The average molecular weight is 317 g/mol. The van der Waals surface area contributed by atoms with E-state index >= 15 is 0 Å². The number of hydrogen-bond acceptors (Lipinski definition) is 3. The SMILES string of the molecule is CNC(C)CNC(=O)c1cc(NC(C)=O)cc(C(F)(F)F)c1. The minimum absolute atomic E-state index is 0.0236. The summed E-state index contributed by atoms with van der Waals surface area (Å²) in [7, 11) is 1.70. The molecule has 0 radical (unpaired) electrons. The highest BCUT2D eigenvalue weighted by Gasteiger charge is 2.32. The molecule has 0 aliphatic carbocycles. The van der Waals surface area contributed by atoms with E-state index < -0.39 is 23.6 Å². The Kier molecular flexibility index (Phi) is 5.92. The number of nitrogens with one attached hydrogen (secondary N) is 3. The summed E-state index contributed by atoms with van der Waals surface area (Å²) in [5, 5.41) is 7.68. The number of hydrogen-bond donors (Lipinski definition) is 3. The molecule has 0 aliphatic rings. The number of halogens is 3. The zero-order valence-corrected chi connectivity index (χ0v) is 12.5. The number of alkyl halides is 3. The molecule has 22 heavy (non-hydrogen) atoms. The molecule has 1 atom stereocenters. The van der Waals surface area contributed by atoms with Gasteiger partial charge < -0.3 is 16.0 Å². The topological polar surface area (TPSA) is 70.2 Å². The lowest BCUT2D eigenvalue weighted by Gasteiger charge is -2.14. The molecule has 0 aromatic heterocycles. The first-order valence-corrected chi connectivity index (χ1v) is 6.59. The van der Waals surface area contributed by atoms with Crippen LogP contribution in [-0.2, 0) is 11.0 Å². The second kappa shape index (κ2) is 7.26. The third kappa shape index (κ3) is 5.36. The van der Waals surface area contributed by atoms with E-state index in [1.807, 2.05) is 6.92 Å². The largest absolute Gasteiger partial charge is 0.416 e. The summed E-state index contributed by atoms with van der Waals surface area (Å²) in [6, 6.07) is 2.72. The zero-order valence-electron chi connectivity index (χ0n) is 12.5. The van der Waals surface area contributed by atoms with Gasteiger partial charge in [0, 0.05) is 30.8 Å². The molecule has 3 N–H and O–H groups in total. The minimum Gasteiger partial charge on any atom is -0.350 e. The Labute approximate surface area is 126 Å². The predicted molar refractivity (Wildman–Crippen MR) is 76.6 cm³/mol. The summed E-state index contributed by atoms with van der Waals surface area (Å²) in [6.45, 7) is 3.25. The number of anilines is 1. The second-order valence-electron chi connectivity index (χ2n) is 4.88. The molecule has 0 saturated carbocycles. The van der Waals surface area contributed by atoms with Gasteiger partial charge in [0.25, 0.3) is 5.91 Å². The minimum atomic E-state index is -4.61. The maximum atomic E-state index is 12.9. The first-order chi connectivity index (χ1) is 10.1. The standard InChI is InChI=1S/C14H18F3N3O2/c1-8(18-3)7-19-13(22)10-4-11(14(15,16)17)6-12(5-10)20-9(2)21/h4-6,8,18H,7H2,1-3H3,(H,19,22)(H,20,21). The van der Waals surface area contributed by atoms with E-state index in [1.165, 1.54) is 13.0 Å². The molecular formula is C14H18F3N3O2. The van der Waals surface area contributed by atoms with Crippen molar-refractivity contribution in [3.8, 4) is 0 Å². The van der Waals surface area contributed by atoms with Crippen LogP contribution < -0.4 is 16.0 Å². The molecule has 1 aromatic carbocycles. The highest BCUT2D eigenvalue weighted by Crippen LogP contribution is 2.32. The van der Waals surface area contributed by atoms with Gasteiger partial charge in [-0.2, -0.15) is 13.2 Å². The summed E-state index contributed by atoms with van der Waals surface area (Å²) < 4.78 is 38.6. The van der Waals surface area contributed by atoms with Gasteiger partial charge in [0.05, 0.1) is 5.56 Å². The van der Waals surface area contributed by atoms with Crippen molar-refractivity contribution in [1.29, 1.82) is 0 Å². The summed E-state index contributed by atoms with van der Waals surface area (Å²) in [5.74, 6) is -1.16. The lowest BCUT2D eigenvalue weighted by molar-refractivity contribution is -0.137. The fourth-order valence-electron chi connectivity index (χ4n) is 1.65. The lowest BCUT2D eigenvalue weighted by Crippen LogP contribution is -2.37. The van der Waals surface area contributed by atoms with Gasteiger partial charge in [-0.3, -0.25) is 9.59 Å². The third-order valence-electron chi connectivity index (χ3n) is 2.90. The van der Waals surface area contributed by atoms with Gasteiger partial charge in [0.2, 0.25) is 5.91 Å². The third-order valence-corrected chi connectivity index (χ3v) is 2.90. The number of carbonyl (C=O) groups is 2. The maximum absolute atomic E-state index is 12.9. The van der Waals surface area contributed by atoms with Crippen LogP contribution in [0, 0.1) is 0 Å². The van der Waals surface area contributed by atoms with E-state index in [-0.39, 0.29) is 23.8 Å². The van der Waals surface area contributed by atoms with Crippen molar-refractivity contribution in [2.75, 3.05) is 18.9 Å².